The molecule has 1 aromatic heterocycles. The van der Waals surface area contributed by atoms with E-state index in [2.05, 4.69) is 10.4 Å². The quantitative estimate of drug-likeness (QED) is 0.888. The molecule has 112 valence electrons. The van der Waals surface area contributed by atoms with Gasteiger partial charge < -0.3 is 10.4 Å². The summed E-state index contributed by atoms with van der Waals surface area (Å²) in [6.07, 6.45) is 6.31. The van der Waals surface area contributed by atoms with Crippen molar-refractivity contribution < 1.29 is 9.90 Å². The van der Waals surface area contributed by atoms with Crippen LogP contribution in [0.4, 0.5) is 0 Å². The zero-order chi connectivity index (χ0) is 15.0. The van der Waals surface area contributed by atoms with Gasteiger partial charge in [0.05, 0.1) is 23.9 Å². The van der Waals surface area contributed by atoms with Gasteiger partial charge in [0.25, 0.3) is 5.91 Å². The monoisotopic (exact) mass is 279 g/mol. The van der Waals surface area contributed by atoms with Crippen LogP contribution in [0.2, 0.25) is 0 Å². The third-order valence-electron chi connectivity index (χ3n) is 4.28. The maximum absolute atomic E-state index is 12.3. The Labute approximate surface area is 120 Å². The molecule has 0 saturated heterocycles. The maximum Gasteiger partial charge on any atom is 0.254 e. The Kier molecular flexibility index (Phi) is 3.91. The fraction of sp³-hybridized carbons (Fsp3) is 0.733. The molecular formula is C15H25N3O2. The molecule has 2 rings (SSSR count). The van der Waals surface area contributed by atoms with Crippen molar-refractivity contribution in [2.24, 2.45) is 5.41 Å². The second-order valence-corrected chi connectivity index (χ2v) is 7.07. The summed E-state index contributed by atoms with van der Waals surface area (Å²) in [6, 6.07) is 0.0398. The van der Waals surface area contributed by atoms with Crippen LogP contribution in [0.15, 0.2) is 12.4 Å². The van der Waals surface area contributed by atoms with Crippen molar-refractivity contribution in [3.05, 3.63) is 18.0 Å². The number of rotatable bonds is 3. The minimum Gasteiger partial charge on any atom is -0.396 e. The number of amides is 1. The van der Waals surface area contributed by atoms with E-state index in [0.717, 1.165) is 19.3 Å². The molecule has 2 atom stereocenters. The third-order valence-corrected chi connectivity index (χ3v) is 4.28. The summed E-state index contributed by atoms with van der Waals surface area (Å²) in [6.45, 7) is 8.27. The summed E-state index contributed by atoms with van der Waals surface area (Å²) >= 11 is 0. The standard InChI is InChI=1S/C15H25N3O2/c1-14(2,3)18-9-11(8-16-18)13(20)17-12-6-5-7-15(12,4)10-19/h8-9,12,19H,5-7,10H2,1-4H3,(H,17,20). The highest BCUT2D eigenvalue weighted by molar-refractivity contribution is 5.94. The number of nitrogens with one attached hydrogen (secondary N) is 1. The molecule has 2 N–H and O–H groups in total. The van der Waals surface area contributed by atoms with E-state index < -0.39 is 0 Å². The number of hydrogen-bond donors (Lipinski definition) is 2. The fourth-order valence-corrected chi connectivity index (χ4v) is 2.72. The fourth-order valence-electron chi connectivity index (χ4n) is 2.72. The molecule has 1 aromatic rings. The molecule has 1 aliphatic rings. The molecule has 20 heavy (non-hydrogen) atoms. The molecule has 0 radical (unpaired) electrons. The third kappa shape index (κ3) is 2.87. The zero-order valence-corrected chi connectivity index (χ0v) is 12.8. The van der Waals surface area contributed by atoms with E-state index in [4.69, 9.17) is 0 Å². The number of hydrogen-bond acceptors (Lipinski definition) is 3. The van der Waals surface area contributed by atoms with E-state index in [1.165, 1.54) is 0 Å². The molecule has 5 heteroatoms. The van der Waals surface area contributed by atoms with Crippen LogP contribution in [0.25, 0.3) is 0 Å². The molecule has 2 unspecified atom stereocenters. The van der Waals surface area contributed by atoms with Crippen molar-refractivity contribution in [1.29, 1.82) is 0 Å². The van der Waals surface area contributed by atoms with Crippen molar-refractivity contribution in [3.8, 4) is 0 Å². The lowest BCUT2D eigenvalue weighted by molar-refractivity contribution is 0.0830. The van der Waals surface area contributed by atoms with Gasteiger partial charge in [-0.25, -0.2) is 0 Å². The first-order valence-corrected chi connectivity index (χ1v) is 7.23. The summed E-state index contributed by atoms with van der Waals surface area (Å²) in [5.41, 5.74) is 0.244. The average molecular weight is 279 g/mol. The van der Waals surface area contributed by atoms with E-state index in [0.29, 0.717) is 5.56 Å². The van der Waals surface area contributed by atoms with Crippen LogP contribution in [-0.2, 0) is 5.54 Å². The van der Waals surface area contributed by atoms with E-state index in [9.17, 15) is 9.90 Å². The lowest BCUT2D eigenvalue weighted by Crippen LogP contribution is -2.44. The molecule has 1 saturated carbocycles. The highest BCUT2D eigenvalue weighted by Crippen LogP contribution is 2.37. The second-order valence-electron chi connectivity index (χ2n) is 7.07. The Morgan fingerprint density at radius 2 is 2.30 bits per heavy atom. The minimum atomic E-state index is -0.199. The molecule has 5 nitrogen and oxygen atoms in total. The second kappa shape index (κ2) is 5.20. The van der Waals surface area contributed by atoms with Gasteiger partial charge in [0.2, 0.25) is 0 Å². The van der Waals surface area contributed by atoms with Crippen LogP contribution in [0, 0.1) is 5.41 Å². The Bertz CT molecular complexity index is 490. The van der Waals surface area contributed by atoms with Gasteiger partial charge in [0, 0.05) is 17.7 Å². The largest absolute Gasteiger partial charge is 0.396 e. The molecule has 1 heterocycles. The topological polar surface area (TPSA) is 67.2 Å². The summed E-state index contributed by atoms with van der Waals surface area (Å²) in [5, 5.41) is 16.8. The van der Waals surface area contributed by atoms with Gasteiger partial charge in [0.15, 0.2) is 0 Å². The molecule has 0 aliphatic heterocycles. The Hall–Kier alpha value is -1.36. The lowest BCUT2D eigenvalue weighted by Gasteiger charge is -2.29. The van der Waals surface area contributed by atoms with Gasteiger partial charge in [-0.1, -0.05) is 13.3 Å². The van der Waals surface area contributed by atoms with Crippen molar-refractivity contribution in [2.45, 2.75) is 58.5 Å². The predicted molar refractivity (Wildman–Crippen MR) is 77.5 cm³/mol. The van der Waals surface area contributed by atoms with Crippen molar-refractivity contribution >= 4 is 5.91 Å². The number of carbonyl (C=O) groups is 1. The van der Waals surface area contributed by atoms with Crippen LogP contribution in [0.3, 0.4) is 0 Å². The van der Waals surface area contributed by atoms with Crippen molar-refractivity contribution in [1.82, 2.24) is 15.1 Å². The number of aliphatic hydroxyl groups is 1. The number of aliphatic hydroxyl groups excluding tert-OH is 1. The molecule has 1 aliphatic carbocycles. The van der Waals surface area contributed by atoms with Gasteiger partial charge in [-0.2, -0.15) is 5.10 Å². The number of nitrogens with zero attached hydrogens (tertiary/aromatic N) is 2. The van der Waals surface area contributed by atoms with E-state index in [1.807, 2.05) is 27.7 Å². The van der Waals surface area contributed by atoms with Crippen LogP contribution in [0.1, 0.15) is 57.3 Å². The van der Waals surface area contributed by atoms with Gasteiger partial charge in [-0.15, -0.1) is 0 Å². The highest BCUT2D eigenvalue weighted by atomic mass is 16.3. The van der Waals surface area contributed by atoms with Gasteiger partial charge in [0.1, 0.15) is 0 Å². The first-order chi connectivity index (χ1) is 9.26. The van der Waals surface area contributed by atoms with E-state index in [-0.39, 0.29) is 29.5 Å². The van der Waals surface area contributed by atoms with Gasteiger partial charge in [-0.05, 0) is 33.6 Å². The van der Waals surface area contributed by atoms with E-state index in [1.54, 1.807) is 17.1 Å². The maximum atomic E-state index is 12.3. The lowest BCUT2D eigenvalue weighted by atomic mass is 9.85. The zero-order valence-electron chi connectivity index (χ0n) is 12.8. The summed E-state index contributed by atoms with van der Waals surface area (Å²) in [5.74, 6) is -0.105. The molecular weight excluding hydrogens is 254 g/mol. The predicted octanol–water partition coefficient (Wildman–Crippen LogP) is 1.92. The average Bonchev–Trinajstić information content (AvgIpc) is 2.97. The Morgan fingerprint density at radius 3 is 2.85 bits per heavy atom. The summed E-state index contributed by atoms with van der Waals surface area (Å²) < 4.78 is 1.79. The summed E-state index contributed by atoms with van der Waals surface area (Å²) in [4.78, 5) is 12.3. The van der Waals surface area contributed by atoms with Crippen LogP contribution in [-0.4, -0.2) is 33.4 Å². The Morgan fingerprint density at radius 1 is 1.60 bits per heavy atom. The molecule has 0 aromatic carbocycles. The van der Waals surface area contributed by atoms with Crippen LogP contribution < -0.4 is 5.32 Å². The SMILES string of the molecule is CC1(CO)CCCC1NC(=O)c1cnn(C(C)(C)C)c1. The van der Waals surface area contributed by atoms with Crippen LogP contribution in [0.5, 0.6) is 0 Å². The number of carbonyl (C=O) groups excluding carboxylic acids is 1. The minimum absolute atomic E-state index is 0.0398. The Balaban J connectivity index is 2.07. The van der Waals surface area contributed by atoms with Gasteiger partial charge >= 0.3 is 0 Å². The number of aromatic nitrogens is 2. The van der Waals surface area contributed by atoms with Crippen molar-refractivity contribution in [2.75, 3.05) is 6.61 Å². The first kappa shape index (κ1) is 15.0. The van der Waals surface area contributed by atoms with E-state index >= 15 is 0 Å². The molecule has 0 spiro atoms. The summed E-state index contributed by atoms with van der Waals surface area (Å²) in [7, 11) is 0. The van der Waals surface area contributed by atoms with Crippen LogP contribution >= 0.6 is 0 Å². The molecule has 0 bridgehead atoms. The first-order valence-electron chi connectivity index (χ1n) is 7.23. The smallest absolute Gasteiger partial charge is 0.254 e. The highest BCUT2D eigenvalue weighted by Gasteiger charge is 2.39. The van der Waals surface area contributed by atoms with Crippen molar-refractivity contribution in [3.63, 3.8) is 0 Å². The molecule has 1 fully saturated rings. The molecule has 1 amide bonds. The van der Waals surface area contributed by atoms with Gasteiger partial charge in [-0.3, -0.25) is 9.48 Å². The normalized spacial score (nSPS) is 26.8.